The van der Waals surface area contributed by atoms with Crippen LogP contribution >= 0.6 is 11.8 Å². The number of hydrogen-bond donors (Lipinski definition) is 2. The summed E-state index contributed by atoms with van der Waals surface area (Å²) in [6.07, 6.45) is 2.75. The van der Waals surface area contributed by atoms with Gasteiger partial charge in [-0.1, -0.05) is 13.8 Å². The Bertz CT molecular complexity index is 700. The number of nitrogens with zero attached hydrogens (tertiary/aromatic N) is 3. The molecular formula is C17H25N5OS. The van der Waals surface area contributed by atoms with Gasteiger partial charge >= 0.3 is 6.03 Å². The molecule has 130 valence electrons. The third kappa shape index (κ3) is 4.74. The second-order valence-electron chi connectivity index (χ2n) is 5.93. The van der Waals surface area contributed by atoms with Crippen LogP contribution in [0.2, 0.25) is 0 Å². The van der Waals surface area contributed by atoms with Crippen molar-refractivity contribution in [3.05, 3.63) is 35.9 Å². The van der Waals surface area contributed by atoms with Crippen LogP contribution in [0.4, 0.5) is 10.5 Å². The molecule has 0 saturated carbocycles. The topological polar surface area (TPSA) is 71.8 Å². The molecular weight excluding hydrogens is 322 g/mol. The van der Waals surface area contributed by atoms with E-state index in [1.165, 1.54) is 4.90 Å². The molecule has 0 spiro atoms. The van der Waals surface area contributed by atoms with Gasteiger partial charge in [0.25, 0.3) is 0 Å². The number of amides is 2. The van der Waals surface area contributed by atoms with Gasteiger partial charge in [-0.3, -0.25) is 0 Å². The molecule has 2 rings (SSSR count). The van der Waals surface area contributed by atoms with Gasteiger partial charge in [0.2, 0.25) is 0 Å². The quantitative estimate of drug-likeness (QED) is 0.778. The molecule has 2 N–H and O–H groups in total. The number of carbonyl (C=O) groups excluding carboxylic acids is 1. The van der Waals surface area contributed by atoms with Crippen molar-refractivity contribution >= 4 is 23.5 Å². The molecule has 0 aliphatic carbocycles. The Balaban J connectivity index is 1.97. The number of carbonyl (C=O) groups is 1. The Hall–Kier alpha value is -2.02. The summed E-state index contributed by atoms with van der Waals surface area (Å²) in [5, 5.41) is 14.2. The fourth-order valence-corrected chi connectivity index (χ4v) is 3.29. The number of thioether (sulfide) groups is 1. The van der Waals surface area contributed by atoms with Crippen LogP contribution in [0.25, 0.3) is 0 Å². The Morgan fingerprint density at radius 3 is 2.71 bits per heavy atom. The summed E-state index contributed by atoms with van der Waals surface area (Å²) in [7, 11) is 1.85. The van der Waals surface area contributed by atoms with Crippen LogP contribution in [0.5, 0.6) is 0 Å². The predicted octanol–water partition coefficient (Wildman–Crippen LogP) is 3.90. The van der Waals surface area contributed by atoms with E-state index in [4.69, 9.17) is 0 Å². The Morgan fingerprint density at radius 2 is 2.12 bits per heavy atom. The van der Waals surface area contributed by atoms with Crippen molar-refractivity contribution in [1.82, 2.24) is 20.1 Å². The molecule has 0 bridgehead atoms. The highest BCUT2D eigenvalue weighted by molar-refractivity contribution is 7.99. The number of anilines is 1. The number of aryl methyl sites for hydroxylation is 2. The van der Waals surface area contributed by atoms with Gasteiger partial charge < -0.3 is 15.2 Å². The lowest BCUT2D eigenvalue weighted by Crippen LogP contribution is -2.32. The first-order valence-electron chi connectivity index (χ1n) is 8.09. The number of hydrogen-bond acceptors (Lipinski definition) is 4. The third-order valence-corrected chi connectivity index (χ3v) is 5.10. The SMILES string of the molecule is CC[C@H](C)Sc1ccc(NC(=O)N[C@@H](C)c2nncn2C)c(C)c1. The first-order chi connectivity index (χ1) is 11.4. The lowest BCUT2D eigenvalue weighted by atomic mass is 10.2. The largest absolute Gasteiger partial charge is 0.328 e. The molecule has 6 nitrogen and oxygen atoms in total. The van der Waals surface area contributed by atoms with E-state index < -0.39 is 0 Å². The van der Waals surface area contributed by atoms with Crippen molar-refractivity contribution in [1.29, 1.82) is 0 Å². The van der Waals surface area contributed by atoms with Crippen molar-refractivity contribution in [2.24, 2.45) is 7.05 Å². The van der Waals surface area contributed by atoms with E-state index >= 15 is 0 Å². The van der Waals surface area contributed by atoms with Gasteiger partial charge in [0.15, 0.2) is 5.82 Å². The summed E-state index contributed by atoms with van der Waals surface area (Å²) in [4.78, 5) is 13.4. The smallest absolute Gasteiger partial charge is 0.319 e. The summed E-state index contributed by atoms with van der Waals surface area (Å²) in [5.41, 5.74) is 1.86. The van der Waals surface area contributed by atoms with E-state index in [1.54, 1.807) is 10.9 Å². The Morgan fingerprint density at radius 1 is 1.38 bits per heavy atom. The first-order valence-corrected chi connectivity index (χ1v) is 8.97. The van der Waals surface area contributed by atoms with E-state index in [9.17, 15) is 4.79 Å². The van der Waals surface area contributed by atoms with Gasteiger partial charge in [-0.25, -0.2) is 4.79 Å². The summed E-state index contributed by atoms with van der Waals surface area (Å²) in [5.74, 6) is 0.710. The van der Waals surface area contributed by atoms with Gasteiger partial charge in [0, 0.05) is 22.9 Å². The zero-order valence-corrected chi connectivity index (χ0v) is 15.6. The average molecular weight is 347 g/mol. The minimum absolute atomic E-state index is 0.224. The maximum absolute atomic E-state index is 12.2. The van der Waals surface area contributed by atoms with Gasteiger partial charge in [0.1, 0.15) is 6.33 Å². The van der Waals surface area contributed by atoms with Crippen LogP contribution in [0, 0.1) is 6.92 Å². The van der Waals surface area contributed by atoms with E-state index in [-0.39, 0.29) is 12.1 Å². The summed E-state index contributed by atoms with van der Waals surface area (Å²) in [6.45, 7) is 8.28. The Kier molecular flexibility index (Phi) is 6.25. The van der Waals surface area contributed by atoms with E-state index in [1.807, 2.05) is 44.8 Å². The fourth-order valence-electron chi connectivity index (χ4n) is 2.27. The minimum Gasteiger partial charge on any atom is -0.328 e. The summed E-state index contributed by atoms with van der Waals surface area (Å²) >= 11 is 1.85. The molecule has 0 radical (unpaired) electrons. The predicted molar refractivity (Wildman–Crippen MR) is 98.4 cm³/mol. The molecule has 0 fully saturated rings. The highest BCUT2D eigenvalue weighted by Gasteiger charge is 2.15. The molecule has 1 aromatic heterocycles. The molecule has 0 unspecified atom stereocenters. The van der Waals surface area contributed by atoms with Crippen LogP contribution in [-0.2, 0) is 7.05 Å². The van der Waals surface area contributed by atoms with Gasteiger partial charge in [-0.15, -0.1) is 22.0 Å². The minimum atomic E-state index is -0.254. The van der Waals surface area contributed by atoms with E-state index in [0.29, 0.717) is 11.1 Å². The normalized spacial score (nSPS) is 13.4. The average Bonchev–Trinajstić information content (AvgIpc) is 2.96. The van der Waals surface area contributed by atoms with Crippen LogP contribution in [0.1, 0.15) is 44.6 Å². The first kappa shape index (κ1) is 18.3. The monoisotopic (exact) mass is 347 g/mol. The molecule has 2 aromatic rings. The molecule has 2 amide bonds. The second kappa shape index (κ2) is 8.19. The third-order valence-electron chi connectivity index (χ3n) is 3.84. The molecule has 24 heavy (non-hydrogen) atoms. The summed E-state index contributed by atoms with van der Waals surface area (Å²) in [6, 6.07) is 5.63. The lowest BCUT2D eigenvalue weighted by molar-refractivity contribution is 0.248. The highest BCUT2D eigenvalue weighted by atomic mass is 32.2. The number of aromatic nitrogens is 3. The van der Waals surface area contributed by atoms with Crippen molar-refractivity contribution in [2.75, 3.05) is 5.32 Å². The second-order valence-corrected chi connectivity index (χ2v) is 7.45. The molecule has 1 heterocycles. The number of urea groups is 1. The van der Waals surface area contributed by atoms with Crippen LogP contribution in [-0.4, -0.2) is 26.0 Å². The zero-order valence-electron chi connectivity index (χ0n) is 14.8. The standard InChI is InChI=1S/C17H25N5OS/c1-6-12(3)24-14-7-8-15(11(2)9-14)20-17(23)19-13(4)16-21-18-10-22(16)5/h7-10,12-13H,6H2,1-5H3,(H2,19,20,23)/t12-,13-/m0/s1. The Labute approximate surface area is 147 Å². The van der Waals surface area contributed by atoms with E-state index in [2.05, 4.69) is 40.7 Å². The zero-order chi connectivity index (χ0) is 17.7. The van der Waals surface area contributed by atoms with E-state index in [0.717, 1.165) is 17.7 Å². The molecule has 1 aromatic carbocycles. The maximum atomic E-state index is 12.2. The van der Waals surface area contributed by atoms with Crippen LogP contribution in [0.15, 0.2) is 29.4 Å². The van der Waals surface area contributed by atoms with Crippen molar-refractivity contribution in [3.63, 3.8) is 0 Å². The van der Waals surface area contributed by atoms with Crippen LogP contribution in [0.3, 0.4) is 0 Å². The maximum Gasteiger partial charge on any atom is 0.319 e. The van der Waals surface area contributed by atoms with Crippen molar-refractivity contribution in [2.45, 2.75) is 50.3 Å². The number of rotatable bonds is 6. The molecule has 0 aliphatic rings. The van der Waals surface area contributed by atoms with Crippen LogP contribution < -0.4 is 10.6 Å². The van der Waals surface area contributed by atoms with Crippen molar-refractivity contribution < 1.29 is 4.79 Å². The van der Waals surface area contributed by atoms with Crippen molar-refractivity contribution in [3.8, 4) is 0 Å². The number of nitrogens with one attached hydrogen (secondary N) is 2. The number of benzene rings is 1. The molecule has 2 atom stereocenters. The molecule has 0 saturated heterocycles. The molecule has 0 aliphatic heterocycles. The lowest BCUT2D eigenvalue weighted by Gasteiger charge is -2.16. The van der Waals surface area contributed by atoms with Gasteiger partial charge in [0.05, 0.1) is 6.04 Å². The van der Waals surface area contributed by atoms with Gasteiger partial charge in [-0.2, -0.15) is 0 Å². The summed E-state index contributed by atoms with van der Waals surface area (Å²) < 4.78 is 1.79. The van der Waals surface area contributed by atoms with Gasteiger partial charge in [-0.05, 0) is 44.0 Å². The fraction of sp³-hybridized carbons (Fsp3) is 0.471. The highest BCUT2D eigenvalue weighted by Crippen LogP contribution is 2.28. The molecule has 7 heteroatoms.